The predicted octanol–water partition coefficient (Wildman–Crippen LogP) is 2.49. The Hall–Kier alpha value is -4.05. The highest BCUT2D eigenvalue weighted by Gasteiger charge is 2.48. The molecule has 0 aliphatic carbocycles. The van der Waals surface area contributed by atoms with Crippen LogP contribution in [0.25, 0.3) is 11.3 Å². The van der Waals surface area contributed by atoms with Crippen LogP contribution in [-0.4, -0.2) is 56.1 Å². The van der Waals surface area contributed by atoms with Crippen molar-refractivity contribution in [2.24, 2.45) is 18.0 Å². The van der Waals surface area contributed by atoms with Gasteiger partial charge < -0.3 is 24.4 Å². The van der Waals surface area contributed by atoms with Crippen molar-refractivity contribution in [1.82, 2.24) is 19.9 Å². The Balaban J connectivity index is 1.44. The fourth-order valence-corrected chi connectivity index (χ4v) is 5.49. The van der Waals surface area contributed by atoms with Crippen molar-refractivity contribution in [3.05, 3.63) is 75.9 Å². The Bertz CT molecular complexity index is 1500. The molecule has 10 nitrogen and oxygen atoms in total. The average molecular weight is 532 g/mol. The third-order valence-electron chi connectivity index (χ3n) is 7.72. The number of hydrogen-bond acceptors (Lipinski definition) is 7. The monoisotopic (exact) mass is 531 g/mol. The standard InChI is InChI=1S/C29H33N5O5/c1-16(2)25(23-13-17(3)32-39-23)27(37)34-15-20(35)14-22(34)26-30-28(38)29(4,31-26)19-11-9-18(10-12-19)21-7-6-8-24(36)33(21)5/h6-13,16,20,22,25,35H,14-15H2,1-5H3,(H,30,31,38)/t20-,22+,25-,29?/m1/s1. The SMILES string of the molecule is Cc1cc([C@H](C(=O)N2C[C@H](O)C[C@H]2C2=NC(C)(c3ccc(-c4cccc(=O)n4C)cc3)C(=O)N2)C(C)C)on1. The van der Waals surface area contributed by atoms with Gasteiger partial charge in [-0.1, -0.05) is 49.3 Å². The van der Waals surface area contributed by atoms with E-state index >= 15 is 0 Å². The molecular weight excluding hydrogens is 498 g/mol. The van der Waals surface area contributed by atoms with Crippen LogP contribution in [0.1, 0.15) is 50.1 Å². The lowest BCUT2D eigenvalue weighted by atomic mass is 9.91. The van der Waals surface area contributed by atoms with E-state index in [-0.39, 0.29) is 36.3 Å². The molecular formula is C29H33N5O5. The lowest BCUT2D eigenvalue weighted by Gasteiger charge is -2.29. The summed E-state index contributed by atoms with van der Waals surface area (Å²) < 4.78 is 7.01. The molecule has 0 saturated carbocycles. The molecule has 1 saturated heterocycles. The van der Waals surface area contributed by atoms with E-state index in [1.807, 2.05) is 44.2 Å². The van der Waals surface area contributed by atoms with E-state index < -0.39 is 23.6 Å². The number of amidine groups is 1. The smallest absolute Gasteiger partial charge is 0.257 e. The zero-order valence-electron chi connectivity index (χ0n) is 22.7. The topological polar surface area (TPSA) is 130 Å². The Morgan fingerprint density at radius 1 is 1.18 bits per heavy atom. The second-order valence-corrected chi connectivity index (χ2v) is 10.9. The van der Waals surface area contributed by atoms with Crippen LogP contribution in [0.5, 0.6) is 0 Å². The second-order valence-electron chi connectivity index (χ2n) is 10.9. The van der Waals surface area contributed by atoms with Gasteiger partial charge in [-0.15, -0.1) is 0 Å². The average Bonchev–Trinajstić information content (AvgIpc) is 3.58. The van der Waals surface area contributed by atoms with Gasteiger partial charge in [-0.05, 0) is 37.0 Å². The first kappa shape index (κ1) is 26.6. The number of likely N-dealkylation sites (tertiary alicyclic amines) is 1. The number of aromatic nitrogens is 2. The van der Waals surface area contributed by atoms with Crippen LogP contribution < -0.4 is 10.9 Å². The Morgan fingerprint density at radius 3 is 2.54 bits per heavy atom. The molecule has 204 valence electrons. The van der Waals surface area contributed by atoms with Crippen molar-refractivity contribution in [1.29, 1.82) is 0 Å². The lowest BCUT2D eigenvalue weighted by Crippen LogP contribution is -2.48. The fraction of sp³-hybridized carbons (Fsp3) is 0.414. The first-order valence-corrected chi connectivity index (χ1v) is 13.1. The number of aryl methyl sites for hydroxylation is 1. The number of nitrogens with zero attached hydrogens (tertiary/aromatic N) is 4. The van der Waals surface area contributed by atoms with E-state index in [1.165, 1.54) is 6.07 Å². The molecule has 2 N–H and O–H groups in total. The molecule has 2 aromatic heterocycles. The molecule has 2 aliphatic rings. The molecule has 5 rings (SSSR count). The van der Waals surface area contributed by atoms with Gasteiger partial charge in [-0.3, -0.25) is 14.4 Å². The normalized spacial score (nSPS) is 23.7. The third-order valence-corrected chi connectivity index (χ3v) is 7.72. The summed E-state index contributed by atoms with van der Waals surface area (Å²) in [5.74, 6) is -0.326. The number of pyridine rings is 1. The highest BCUT2D eigenvalue weighted by molar-refractivity contribution is 6.11. The van der Waals surface area contributed by atoms with E-state index in [9.17, 15) is 19.5 Å². The van der Waals surface area contributed by atoms with Crippen LogP contribution >= 0.6 is 0 Å². The minimum absolute atomic E-state index is 0.0729. The number of aliphatic imine (C=N–C) groups is 1. The van der Waals surface area contributed by atoms with Gasteiger partial charge >= 0.3 is 0 Å². The van der Waals surface area contributed by atoms with Crippen molar-refractivity contribution in [2.45, 2.75) is 57.7 Å². The Labute approximate surface area is 226 Å². The first-order chi connectivity index (χ1) is 18.5. The van der Waals surface area contributed by atoms with Gasteiger partial charge in [0.05, 0.1) is 23.5 Å². The van der Waals surface area contributed by atoms with Crippen LogP contribution in [0.3, 0.4) is 0 Å². The number of amides is 2. The maximum Gasteiger partial charge on any atom is 0.257 e. The summed E-state index contributed by atoms with van der Waals surface area (Å²) >= 11 is 0. The maximum atomic E-state index is 13.8. The van der Waals surface area contributed by atoms with E-state index in [1.54, 1.807) is 42.5 Å². The number of carbonyl (C=O) groups is 2. The summed E-state index contributed by atoms with van der Waals surface area (Å²) in [7, 11) is 1.71. The van der Waals surface area contributed by atoms with Crippen molar-refractivity contribution in [2.75, 3.05) is 6.54 Å². The molecule has 0 bridgehead atoms. The maximum absolute atomic E-state index is 13.8. The van der Waals surface area contributed by atoms with Crippen molar-refractivity contribution >= 4 is 17.6 Å². The molecule has 0 spiro atoms. The van der Waals surface area contributed by atoms with Crippen LogP contribution in [-0.2, 0) is 22.2 Å². The van der Waals surface area contributed by atoms with E-state index in [0.717, 1.165) is 11.3 Å². The minimum Gasteiger partial charge on any atom is -0.391 e. The number of β-amino-alcohol motifs (C(OH)–C–C–N with tert-alkyl or cyclic N) is 1. The molecule has 4 heterocycles. The Kier molecular flexibility index (Phi) is 6.76. The van der Waals surface area contributed by atoms with Gasteiger partial charge in [-0.2, -0.15) is 0 Å². The zero-order valence-corrected chi connectivity index (χ0v) is 22.7. The summed E-state index contributed by atoms with van der Waals surface area (Å²) in [5.41, 5.74) is 1.64. The van der Waals surface area contributed by atoms with Gasteiger partial charge in [0.2, 0.25) is 5.91 Å². The van der Waals surface area contributed by atoms with Gasteiger partial charge in [-0.25, -0.2) is 4.99 Å². The number of aliphatic hydroxyl groups is 1. The van der Waals surface area contributed by atoms with E-state index in [0.29, 0.717) is 22.9 Å². The number of rotatable bonds is 6. The third kappa shape index (κ3) is 4.69. The number of carbonyl (C=O) groups excluding carboxylic acids is 2. The van der Waals surface area contributed by atoms with Crippen LogP contribution in [0, 0.1) is 12.8 Å². The molecule has 4 atom stereocenters. The quantitative estimate of drug-likeness (QED) is 0.503. The molecule has 3 aromatic rings. The molecule has 2 aliphatic heterocycles. The molecule has 1 fully saturated rings. The van der Waals surface area contributed by atoms with Crippen LogP contribution in [0.2, 0.25) is 0 Å². The molecule has 1 unspecified atom stereocenters. The van der Waals surface area contributed by atoms with Gasteiger partial charge in [0.25, 0.3) is 11.5 Å². The highest BCUT2D eigenvalue weighted by atomic mass is 16.5. The summed E-state index contributed by atoms with van der Waals surface area (Å²) in [4.78, 5) is 45.5. The van der Waals surface area contributed by atoms with Gasteiger partial charge in [0.15, 0.2) is 5.54 Å². The number of hydrogen-bond donors (Lipinski definition) is 2. The highest BCUT2D eigenvalue weighted by Crippen LogP contribution is 2.35. The van der Waals surface area contributed by atoms with E-state index in [2.05, 4.69) is 10.5 Å². The predicted molar refractivity (Wildman–Crippen MR) is 145 cm³/mol. The number of aliphatic hydroxyl groups excluding tert-OH is 1. The summed E-state index contributed by atoms with van der Waals surface area (Å²) in [6.45, 7) is 7.54. The summed E-state index contributed by atoms with van der Waals surface area (Å²) in [6, 6.07) is 13.6. The number of benzene rings is 1. The second kappa shape index (κ2) is 9.92. The number of nitrogens with one attached hydrogen (secondary N) is 1. The molecule has 2 amide bonds. The molecule has 10 heteroatoms. The van der Waals surface area contributed by atoms with Crippen molar-refractivity contribution < 1.29 is 19.2 Å². The lowest BCUT2D eigenvalue weighted by molar-refractivity contribution is -0.134. The molecule has 39 heavy (non-hydrogen) atoms. The van der Waals surface area contributed by atoms with Gasteiger partial charge in [0, 0.05) is 32.1 Å². The first-order valence-electron chi connectivity index (χ1n) is 13.1. The summed E-state index contributed by atoms with van der Waals surface area (Å²) in [6.07, 6.45) is -0.478. The molecule has 1 aromatic carbocycles. The zero-order chi connectivity index (χ0) is 28.1. The van der Waals surface area contributed by atoms with Crippen molar-refractivity contribution in [3.8, 4) is 11.3 Å². The molecule has 0 radical (unpaired) electrons. The largest absolute Gasteiger partial charge is 0.391 e. The van der Waals surface area contributed by atoms with Gasteiger partial charge in [0.1, 0.15) is 17.5 Å². The van der Waals surface area contributed by atoms with Crippen LogP contribution in [0.4, 0.5) is 0 Å². The van der Waals surface area contributed by atoms with Crippen LogP contribution in [0.15, 0.2) is 62.8 Å². The summed E-state index contributed by atoms with van der Waals surface area (Å²) in [5, 5.41) is 17.4. The van der Waals surface area contributed by atoms with Crippen molar-refractivity contribution in [3.63, 3.8) is 0 Å². The fourth-order valence-electron chi connectivity index (χ4n) is 5.49. The van der Waals surface area contributed by atoms with E-state index in [4.69, 9.17) is 9.52 Å². The Morgan fingerprint density at radius 2 is 1.90 bits per heavy atom. The minimum atomic E-state index is -1.21.